The lowest BCUT2D eigenvalue weighted by Gasteiger charge is -2.37. The summed E-state index contributed by atoms with van der Waals surface area (Å²) in [5.41, 5.74) is -0.475. The number of nitrogens with zero attached hydrogens (tertiary/aromatic N) is 1. The van der Waals surface area contributed by atoms with Crippen LogP contribution < -0.4 is 5.32 Å². The molecular formula is C12H26N2OS. The van der Waals surface area contributed by atoms with Crippen LogP contribution in [0.25, 0.3) is 0 Å². The number of piperidine rings is 1. The maximum absolute atomic E-state index is 10.4. The lowest BCUT2D eigenvalue weighted by molar-refractivity contribution is -0.0154. The van der Waals surface area contributed by atoms with E-state index in [1.165, 1.54) is 5.75 Å². The molecule has 0 radical (unpaired) electrons. The van der Waals surface area contributed by atoms with E-state index in [1.54, 1.807) is 0 Å². The average Bonchev–Trinajstić information content (AvgIpc) is 2.28. The number of thioether (sulfide) groups is 1. The van der Waals surface area contributed by atoms with Crippen molar-refractivity contribution in [2.24, 2.45) is 0 Å². The minimum Gasteiger partial charge on any atom is -0.388 e. The summed E-state index contributed by atoms with van der Waals surface area (Å²) in [5.74, 6) is 2.30. The summed E-state index contributed by atoms with van der Waals surface area (Å²) in [5, 5.41) is 13.8. The van der Waals surface area contributed by atoms with Crippen LogP contribution in [0, 0.1) is 0 Å². The normalized spacial score (nSPS) is 23.2. The van der Waals surface area contributed by atoms with Gasteiger partial charge in [-0.05, 0) is 32.6 Å². The second-order valence-electron chi connectivity index (χ2n) is 4.97. The van der Waals surface area contributed by atoms with Crippen LogP contribution in [-0.2, 0) is 0 Å². The quantitative estimate of drug-likeness (QED) is 0.737. The molecule has 0 spiro atoms. The van der Waals surface area contributed by atoms with Crippen molar-refractivity contribution in [3.63, 3.8) is 0 Å². The summed E-state index contributed by atoms with van der Waals surface area (Å²) in [6.45, 7) is 7.14. The van der Waals surface area contributed by atoms with E-state index >= 15 is 0 Å². The third kappa shape index (κ3) is 5.04. The number of hydrogen-bond donors (Lipinski definition) is 2. The molecule has 0 aliphatic carbocycles. The van der Waals surface area contributed by atoms with Crippen LogP contribution in [0.2, 0.25) is 0 Å². The van der Waals surface area contributed by atoms with Crippen molar-refractivity contribution < 1.29 is 5.11 Å². The highest BCUT2D eigenvalue weighted by atomic mass is 32.2. The summed E-state index contributed by atoms with van der Waals surface area (Å²) in [6, 6.07) is 0.494. The van der Waals surface area contributed by atoms with Crippen molar-refractivity contribution in [1.82, 2.24) is 10.2 Å². The van der Waals surface area contributed by atoms with E-state index in [2.05, 4.69) is 31.1 Å². The highest BCUT2D eigenvalue weighted by Crippen LogP contribution is 2.20. The van der Waals surface area contributed by atoms with Gasteiger partial charge in [0.15, 0.2) is 0 Å². The Kier molecular flexibility index (Phi) is 6.11. The van der Waals surface area contributed by atoms with E-state index in [4.69, 9.17) is 0 Å². The van der Waals surface area contributed by atoms with Gasteiger partial charge >= 0.3 is 0 Å². The third-order valence-corrected chi connectivity index (χ3v) is 4.41. The Balaban J connectivity index is 2.20. The van der Waals surface area contributed by atoms with Crippen molar-refractivity contribution in [2.45, 2.75) is 38.3 Å². The number of rotatable bonds is 6. The summed E-state index contributed by atoms with van der Waals surface area (Å²) in [4.78, 5) is 2.28. The molecule has 1 rings (SSSR count). The second kappa shape index (κ2) is 6.84. The molecule has 0 aromatic rings. The zero-order valence-corrected chi connectivity index (χ0v) is 11.6. The van der Waals surface area contributed by atoms with Gasteiger partial charge in [0.25, 0.3) is 0 Å². The minimum absolute atomic E-state index is 0.475. The summed E-state index contributed by atoms with van der Waals surface area (Å²) < 4.78 is 0. The molecule has 2 N–H and O–H groups in total. The fourth-order valence-electron chi connectivity index (χ4n) is 1.93. The monoisotopic (exact) mass is 246 g/mol. The van der Waals surface area contributed by atoms with Gasteiger partial charge in [-0.25, -0.2) is 0 Å². The fourth-order valence-corrected chi connectivity index (χ4v) is 2.64. The zero-order valence-electron chi connectivity index (χ0n) is 10.8. The molecule has 4 heteroatoms. The van der Waals surface area contributed by atoms with Crippen molar-refractivity contribution in [3.05, 3.63) is 0 Å². The van der Waals surface area contributed by atoms with Crippen LogP contribution in [0.15, 0.2) is 0 Å². The lowest BCUT2D eigenvalue weighted by atomic mass is 9.91. The van der Waals surface area contributed by atoms with Gasteiger partial charge in [0, 0.05) is 31.4 Å². The molecule has 0 aromatic carbocycles. The smallest absolute Gasteiger partial charge is 0.0796 e. The van der Waals surface area contributed by atoms with E-state index in [9.17, 15) is 5.11 Å². The number of nitrogens with one attached hydrogen (secondary N) is 1. The maximum atomic E-state index is 10.4. The fraction of sp³-hybridized carbons (Fsp3) is 1.00. The largest absolute Gasteiger partial charge is 0.388 e. The molecule has 16 heavy (non-hydrogen) atoms. The minimum atomic E-state index is -0.475. The van der Waals surface area contributed by atoms with Crippen molar-refractivity contribution >= 4 is 11.8 Å². The molecule has 1 heterocycles. The highest BCUT2D eigenvalue weighted by molar-refractivity contribution is 7.99. The maximum Gasteiger partial charge on any atom is 0.0796 e. The van der Waals surface area contributed by atoms with E-state index < -0.39 is 5.60 Å². The first-order valence-electron chi connectivity index (χ1n) is 6.28. The molecule has 1 aliphatic heterocycles. The predicted octanol–water partition coefficient (Wildman–Crippen LogP) is 1.17. The average molecular weight is 246 g/mol. The highest BCUT2D eigenvalue weighted by Gasteiger charge is 2.30. The van der Waals surface area contributed by atoms with Crippen LogP contribution >= 0.6 is 11.8 Å². The molecule has 3 nitrogen and oxygen atoms in total. The van der Waals surface area contributed by atoms with E-state index in [0.717, 1.165) is 38.2 Å². The first kappa shape index (κ1) is 14.3. The van der Waals surface area contributed by atoms with Crippen LogP contribution in [0.1, 0.15) is 26.7 Å². The van der Waals surface area contributed by atoms with E-state index in [-0.39, 0.29) is 0 Å². The van der Waals surface area contributed by atoms with Gasteiger partial charge in [-0.2, -0.15) is 11.8 Å². The van der Waals surface area contributed by atoms with Crippen molar-refractivity contribution in [3.8, 4) is 0 Å². The van der Waals surface area contributed by atoms with Crippen molar-refractivity contribution in [1.29, 1.82) is 0 Å². The second-order valence-corrected chi connectivity index (χ2v) is 6.29. The first-order chi connectivity index (χ1) is 7.56. The van der Waals surface area contributed by atoms with Gasteiger partial charge in [0.1, 0.15) is 0 Å². The molecule has 0 amide bonds. The molecule has 0 aromatic heterocycles. The van der Waals surface area contributed by atoms with Gasteiger partial charge in [-0.1, -0.05) is 6.92 Å². The summed E-state index contributed by atoms with van der Waals surface area (Å²) in [7, 11) is 2.12. The number of hydrogen-bond acceptors (Lipinski definition) is 4. The first-order valence-corrected chi connectivity index (χ1v) is 7.43. The van der Waals surface area contributed by atoms with Crippen LogP contribution in [-0.4, -0.2) is 59.8 Å². The Morgan fingerprint density at radius 2 is 2.06 bits per heavy atom. The molecule has 1 aliphatic rings. The Labute approximate surface area is 104 Å². The summed E-state index contributed by atoms with van der Waals surface area (Å²) in [6.07, 6.45) is 1.79. The molecule has 1 atom stereocenters. The molecule has 96 valence electrons. The summed E-state index contributed by atoms with van der Waals surface area (Å²) >= 11 is 1.95. The van der Waals surface area contributed by atoms with Crippen LogP contribution in [0.4, 0.5) is 0 Å². The molecule has 0 bridgehead atoms. The SMILES string of the molecule is CCSCC(C)NCC1(O)CCN(C)CC1. The Morgan fingerprint density at radius 1 is 1.44 bits per heavy atom. The Bertz CT molecular complexity index is 193. The topological polar surface area (TPSA) is 35.5 Å². The molecule has 1 saturated heterocycles. The van der Waals surface area contributed by atoms with Gasteiger partial charge in [0.2, 0.25) is 0 Å². The lowest BCUT2D eigenvalue weighted by Crippen LogP contribution is -2.50. The molecular weight excluding hydrogens is 220 g/mol. The van der Waals surface area contributed by atoms with E-state index in [1.807, 2.05) is 11.8 Å². The van der Waals surface area contributed by atoms with Crippen LogP contribution in [0.3, 0.4) is 0 Å². The Morgan fingerprint density at radius 3 is 2.62 bits per heavy atom. The zero-order chi connectivity index (χ0) is 12.0. The molecule has 1 unspecified atom stereocenters. The van der Waals surface area contributed by atoms with Crippen molar-refractivity contribution in [2.75, 3.05) is 38.2 Å². The number of aliphatic hydroxyl groups is 1. The number of likely N-dealkylation sites (tertiary alicyclic amines) is 1. The molecule has 1 fully saturated rings. The van der Waals surface area contributed by atoms with Gasteiger partial charge in [0.05, 0.1) is 5.60 Å². The van der Waals surface area contributed by atoms with E-state index in [0.29, 0.717) is 6.04 Å². The molecule has 0 saturated carbocycles. The third-order valence-electron chi connectivity index (χ3n) is 3.27. The predicted molar refractivity (Wildman–Crippen MR) is 72.1 cm³/mol. The Hall–Kier alpha value is 0.230. The van der Waals surface area contributed by atoms with Crippen LogP contribution in [0.5, 0.6) is 0 Å². The standard InChI is InChI=1S/C12H26N2OS/c1-4-16-9-11(2)13-10-12(15)5-7-14(3)8-6-12/h11,13,15H,4-10H2,1-3H3. The van der Waals surface area contributed by atoms with Gasteiger partial charge in [-0.3, -0.25) is 0 Å². The van der Waals surface area contributed by atoms with Gasteiger partial charge in [-0.15, -0.1) is 0 Å². The van der Waals surface area contributed by atoms with Gasteiger partial charge < -0.3 is 15.3 Å².